The summed E-state index contributed by atoms with van der Waals surface area (Å²) in [6, 6.07) is 11.8. The quantitative estimate of drug-likeness (QED) is 0.621. The molecule has 1 heterocycles. The van der Waals surface area contributed by atoms with Gasteiger partial charge < -0.3 is 4.74 Å². The Morgan fingerprint density at radius 3 is 2.62 bits per heavy atom. The van der Waals surface area contributed by atoms with Crippen molar-refractivity contribution in [3.63, 3.8) is 0 Å². The maximum atomic E-state index is 5.95. The number of pyridine rings is 1. The monoisotopic (exact) mass is 345 g/mol. The van der Waals surface area contributed by atoms with Crippen LogP contribution < -0.4 is 4.74 Å². The van der Waals surface area contributed by atoms with Crippen LogP contribution in [0.1, 0.15) is 5.56 Å². The van der Waals surface area contributed by atoms with Crippen molar-refractivity contribution in [3.8, 4) is 5.75 Å². The molecule has 16 heavy (non-hydrogen) atoms. The Kier molecular flexibility index (Phi) is 4.01. The van der Waals surface area contributed by atoms with Gasteiger partial charge in [0.15, 0.2) is 10.9 Å². The first-order valence-corrected chi connectivity index (χ1v) is 6.20. The highest BCUT2D eigenvalue weighted by atomic mass is 127. The first-order chi connectivity index (χ1) is 7.77. The van der Waals surface area contributed by atoms with Gasteiger partial charge in [0.05, 0.1) is 3.57 Å². The third-order valence-corrected chi connectivity index (χ3v) is 3.16. The summed E-state index contributed by atoms with van der Waals surface area (Å²) in [5, 5.41) is 0.405. The lowest BCUT2D eigenvalue weighted by Crippen LogP contribution is -1.98. The van der Waals surface area contributed by atoms with Crippen molar-refractivity contribution in [2.45, 2.75) is 6.61 Å². The molecular weight excluding hydrogens is 336 g/mol. The van der Waals surface area contributed by atoms with Crippen molar-refractivity contribution in [2.75, 3.05) is 0 Å². The number of ether oxygens (including phenoxy) is 1. The van der Waals surface area contributed by atoms with E-state index in [2.05, 4.69) is 27.6 Å². The van der Waals surface area contributed by atoms with Crippen molar-refractivity contribution < 1.29 is 4.74 Å². The van der Waals surface area contributed by atoms with E-state index in [4.69, 9.17) is 16.3 Å². The van der Waals surface area contributed by atoms with Gasteiger partial charge in [0.25, 0.3) is 0 Å². The Labute approximate surface area is 113 Å². The van der Waals surface area contributed by atoms with E-state index in [0.29, 0.717) is 17.5 Å². The molecule has 0 saturated carbocycles. The van der Waals surface area contributed by atoms with Crippen LogP contribution in [0, 0.1) is 3.57 Å². The van der Waals surface area contributed by atoms with Gasteiger partial charge in [-0.3, -0.25) is 0 Å². The molecule has 0 radical (unpaired) electrons. The van der Waals surface area contributed by atoms with Gasteiger partial charge in [0, 0.05) is 6.20 Å². The summed E-state index contributed by atoms with van der Waals surface area (Å²) in [6.07, 6.45) is 1.67. The summed E-state index contributed by atoms with van der Waals surface area (Å²) >= 11 is 8.13. The summed E-state index contributed by atoms with van der Waals surface area (Å²) in [7, 11) is 0. The fourth-order valence-electron chi connectivity index (χ4n) is 1.26. The third-order valence-electron chi connectivity index (χ3n) is 2.04. The number of hydrogen-bond acceptors (Lipinski definition) is 2. The van der Waals surface area contributed by atoms with Gasteiger partial charge in [-0.25, -0.2) is 4.98 Å². The lowest BCUT2D eigenvalue weighted by Gasteiger charge is -2.08. The van der Waals surface area contributed by atoms with E-state index in [1.807, 2.05) is 36.4 Å². The minimum absolute atomic E-state index is 0.405. The first-order valence-electron chi connectivity index (χ1n) is 4.74. The summed E-state index contributed by atoms with van der Waals surface area (Å²) in [5.74, 6) is 0.647. The van der Waals surface area contributed by atoms with Gasteiger partial charge >= 0.3 is 0 Å². The highest BCUT2D eigenvalue weighted by Crippen LogP contribution is 2.28. The minimum atomic E-state index is 0.405. The number of benzene rings is 1. The lowest BCUT2D eigenvalue weighted by molar-refractivity contribution is 0.303. The SMILES string of the molecule is Clc1nccc(I)c1OCc1ccccc1. The maximum Gasteiger partial charge on any atom is 0.172 e. The Balaban J connectivity index is 2.11. The van der Waals surface area contributed by atoms with E-state index in [0.717, 1.165) is 9.13 Å². The zero-order valence-corrected chi connectivity index (χ0v) is 11.3. The Morgan fingerprint density at radius 2 is 1.94 bits per heavy atom. The highest BCUT2D eigenvalue weighted by molar-refractivity contribution is 14.1. The summed E-state index contributed by atoms with van der Waals surface area (Å²) in [6.45, 7) is 0.502. The second-order valence-electron chi connectivity index (χ2n) is 3.19. The van der Waals surface area contributed by atoms with Gasteiger partial charge in [0.2, 0.25) is 0 Å². The molecule has 4 heteroatoms. The highest BCUT2D eigenvalue weighted by Gasteiger charge is 2.07. The van der Waals surface area contributed by atoms with Gasteiger partial charge in [-0.2, -0.15) is 0 Å². The fraction of sp³-hybridized carbons (Fsp3) is 0.0833. The van der Waals surface area contributed by atoms with Gasteiger partial charge in [-0.05, 0) is 34.2 Å². The van der Waals surface area contributed by atoms with Crippen LogP contribution in [-0.2, 0) is 6.61 Å². The molecule has 2 rings (SSSR count). The van der Waals surface area contributed by atoms with Crippen molar-refractivity contribution >= 4 is 34.2 Å². The van der Waals surface area contributed by atoms with Crippen molar-refractivity contribution in [2.24, 2.45) is 0 Å². The van der Waals surface area contributed by atoms with E-state index in [1.54, 1.807) is 6.20 Å². The molecule has 0 fully saturated rings. The summed E-state index contributed by atoms with van der Waals surface area (Å²) in [5.41, 5.74) is 1.11. The van der Waals surface area contributed by atoms with Crippen LogP contribution in [0.5, 0.6) is 5.75 Å². The molecule has 1 aromatic carbocycles. The predicted octanol–water partition coefficient (Wildman–Crippen LogP) is 3.92. The Hall–Kier alpha value is -0.810. The summed E-state index contributed by atoms with van der Waals surface area (Å²) in [4.78, 5) is 3.99. The number of rotatable bonds is 3. The normalized spacial score (nSPS) is 10.1. The summed E-state index contributed by atoms with van der Waals surface area (Å²) < 4.78 is 6.62. The smallest absolute Gasteiger partial charge is 0.172 e. The second kappa shape index (κ2) is 5.50. The maximum absolute atomic E-state index is 5.95. The average molecular weight is 346 g/mol. The van der Waals surface area contributed by atoms with Crippen LogP contribution in [-0.4, -0.2) is 4.98 Å². The first kappa shape index (κ1) is 11.7. The van der Waals surface area contributed by atoms with Crippen LogP contribution in [0.2, 0.25) is 5.15 Å². The minimum Gasteiger partial charge on any atom is -0.485 e. The molecule has 2 aromatic rings. The number of hydrogen-bond donors (Lipinski definition) is 0. The molecule has 0 aliphatic carbocycles. The number of nitrogens with zero attached hydrogens (tertiary/aromatic N) is 1. The predicted molar refractivity (Wildman–Crippen MR) is 72.7 cm³/mol. The van der Waals surface area contributed by atoms with Crippen LogP contribution in [0.3, 0.4) is 0 Å². The van der Waals surface area contributed by atoms with Crippen molar-refractivity contribution in [1.82, 2.24) is 4.98 Å². The molecule has 0 N–H and O–H groups in total. The topological polar surface area (TPSA) is 22.1 Å². The van der Waals surface area contributed by atoms with E-state index in [9.17, 15) is 0 Å². The number of aromatic nitrogens is 1. The molecule has 0 spiro atoms. The molecule has 1 aromatic heterocycles. The van der Waals surface area contributed by atoms with Crippen molar-refractivity contribution in [1.29, 1.82) is 0 Å². The molecule has 0 amide bonds. The largest absolute Gasteiger partial charge is 0.485 e. The van der Waals surface area contributed by atoms with Gasteiger partial charge in [-0.1, -0.05) is 41.9 Å². The molecule has 0 saturated heterocycles. The molecule has 0 bridgehead atoms. The van der Waals surface area contributed by atoms with E-state index >= 15 is 0 Å². The zero-order chi connectivity index (χ0) is 11.4. The molecule has 2 nitrogen and oxygen atoms in total. The number of halogens is 2. The van der Waals surface area contributed by atoms with Crippen LogP contribution in [0.15, 0.2) is 42.6 Å². The Bertz CT molecular complexity index is 455. The second-order valence-corrected chi connectivity index (χ2v) is 4.71. The van der Waals surface area contributed by atoms with Crippen LogP contribution in [0.4, 0.5) is 0 Å². The molecule has 82 valence electrons. The Morgan fingerprint density at radius 1 is 1.19 bits per heavy atom. The molecule has 0 aliphatic rings. The lowest BCUT2D eigenvalue weighted by atomic mass is 10.2. The van der Waals surface area contributed by atoms with Gasteiger partial charge in [0.1, 0.15) is 6.61 Å². The zero-order valence-electron chi connectivity index (χ0n) is 8.36. The molecule has 0 atom stereocenters. The van der Waals surface area contributed by atoms with Gasteiger partial charge in [-0.15, -0.1) is 0 Å². The van der Waals surface area contributed by atoms with Crippen LogP contribution >= 0.6 is 34.2 Å². The fourth-order valence-corrected chi connectivity index (χ4v) is 2.20. The molecule has 0 aliphatic heterocycles. The van der Waals surface area contributed by atoms with E-state index in [1.165, 1.54) is 0 Å². The third kappa shape index (κ3) is 2.86. The van der Waals surface area contributed by atoms with Crippen LogP contribution in [0.25, 0.3) is 0 Å². The molecular formula is C12H9ClINO. The average Bonchev–Trinajstić information content (AvgIpc) is 2.30. The standard InChI is InChI=1S/C12H9ClINO/c13-12-11(10(14)6-7-15-12)16-8-9-4-2-1-3-5-9/h1-7H,8H2. The molecule has 0 unspecified atom stereocenters. The van der Waals surface area contributed by atoms with E-state index in [-0.39, 0.29) is 0 Å². The van der Waals surface area contributed by atoms with E-state index < -0.39 is 0 Å². The van der Waals surface area contributed by atoms with Crippen molar-refractivity contribution in [3.05, 3.63) is 56.9 Å².